The standard InChI is InChI=1S/C20H20O4S/c1-3-20(2)19(21)17(15-7-5-4-6-8-15)18(24-20)16-11-9-14(10-12-16)13-25(22)23/h4-12H,3,13H2,1-2H3,(H,22,23)/p-1. The molecule has 5 heteroatoms. The van der Waals surface area contributed by atoms with Crippen LogP contribution in [0, 0.1) is 0 Å². The van der Waals surface area contributed by atoms with Gasteiger partial charge in [-0.15, -0.1) is 0 Å². The average molecular weight is 355 g/mol. The summed E-state index contributed by atoms with van der Waals surface area (Å²) in [6.07, 6.45) is 0.568. The molecule has 0 spiro atoms. The zero-order chi connectivity index (χ0) is 18.0. The third-order valence-corrected chi connectivity index (χ3v) is 5.07. The number of rotatable bonds is 5. The fourth-order valence-electron chi connectivity index (χ4n) is 2.88. The molecule has 2 aromatic carbocycles. The number of Topliss-reactive ketones (excluding diaryl/α,β-unsaturated/α-hetero) is 1. The van der Waals surface area contributed by atoms with Crippen LogP contribution in [0.2, 0.25) is 0 Å². The maximum atomic E-state index is 13.0. The summed E-state index contributed by atoms with van der Waals surface area (Å²) in [5.41, 5.74) is 1.98. The molecule has 2 unspecified atom stereocenters. The van der Waals surface area contributed by atoms with Crippen molar-refractivity contribution < 1.29 is 18.3 Å². The molecule has 0 amide bonds. The van der Waals surface area contributed by atoms with Crippen molar-refractivity contribution in [2.75, 3.05) is 0 Å². The van der Waals surface area contributed by atoms with Crippen LogP contribution in [-0.4, -0.2) is 20.1 Å². The number of ether oxygens (including phenoxy) is 1. The second-order valence-electron chi connectivity index (χ2n) is 6.23. The van der Waals surface area contributed by atoms with Gasteiger partial charge in [0.25, 0.3) is 0 Å². The van der Waals surface area contributed by atoms with Crippen molar-refractivity contribution in [2.45, 2.75) is 31.6 Å². The molecule has 0 fully saturated rings. The van der Waals surface area contributed by atoms with E-state index in [-0.39, 0.29) is 11.5 Å². The third-order valence-electron chi connectivity index (χ3n) is 4.50. The molecule has 0 aliphatic carbocycles. The van der Waals surface area contributed by atoms with Crippen molar-refractivity contribution in [1.29, 1.82) is 0 Å². The van der Waals surface area contributed by atoms with Gasteiger partial charge in [0, 0.05) is 11.3 Å². The van der Waals surface area contributed by atoms with E-state index in [4.69, 9.17) is 4.74 Å². The monoisotopic (exact) mass is 355 g/mol. The lowest BCUT2D eigenvalue weighted by Crippen LogP contribution is -2.32. The highest BCUT2D eigenvalue weighted by Crippen LogP contribution is 2.42. The van der Waals surface area contributed by atoms with Gasteiger partial charge in [0.15, 0.2) is 5.60 Å². The smallest absolute Gasteiger partial charge is 0.210 e. The van der Waals surface area contributed by atoms with E-state index in [0.29, 0.717) is 23.3 Å². The van der Waals surface area contributed by atoms with Crippen LogP contribution in [0.5, 0.6) is 0 Å². The van der Waals surface area contributed by atoms with Gasteiger partial charge in [0.05, 0.1) is 5.57 Å². The molecule has 1 aliphatic rings. The number of hydrogen-bond donors (Lipinski definition) is 0. The van der Waals surface area contributed by atoms with Crippen LogP contribution in [-0.2, 0) is 26.4 Å². The maximum absolute atomic E-state index is 13.0. The molecule has 0 aromatic heterocycles. The van der Waals surface area contributed by atoms with Crippen LogP contribution in [0.15, 0.2) is 54.6 Å². The van der Waals surface area contributed by atoms with Gasteiger partial charge >= 0.3 is 0 Å². The van der Waals surface area contributed by atoms with E-state index in [1.807, 2.05) is 37.3 Å². The van der Waals surface area contributed by atoms with Crippen molar-refractivity contribution in [3.8, 4) is 0 Å². The van der Waals surface area contributed by atoms with E-state index in [1.165, 1.54) is 0 Å². The van der Waals surface area contributed by atoms with Crippen molar-refractivity contribution in [3.63, 3.8) is 0 Å². The van der Waals surface area contributed by atoms with Gasteiger partial charge in [-0.2, -0.15) is 0 Å². The molecule has 25 heavy (non-hydrogen) atoms. The van der Waals surface area contributed by atoms with Gasteiger partial charge in [-0.05, 0) is 24.5 Å². The highest BCUT2D eigenvalue weighted by molar-refractivity contribution is 7.78. The lowest BCUT2D eigenvalue weighted by Gasteiger charge is -2.21. The molecule has 0 saturated heterocycles. The van der Waals surface area contributed by atoms with Crippen molar-refractivity contribution in [2.24, 2.45) is 0 Å². The van der Waals surface area contributed by atoms with Crippen molar-refractivity contribution >= 4 is 28.2 Å². The molecule has 4 nitrogen and oxygen atoms in total. The average Bonchev–Trinajstić information content (AvgIpc) is 2.88. The molecule has 3 rings (SSSR count). The fourth-order valence-corrected chi connectivity index (χ4v) is 3.35. The summed E-state index contributed by atoms with van der Waals surface area (Å²) in [5, 5.41) is 0. The molecular formula is C20H19O4S-. The molecular weight excluding hydrogens is 336 g/mol. The molecule has 2 aromatic rings. The Bertz CT molecular complexity index is 840. The number of ketones is 1. The highest BCUT2D eigenvalue weighted by atomic mass is 32.2. The number of carbonyl (C=O) groups is 1. The van der Waals surface area contributed by atoms with Gasteiger partial charge < -0.3 is 9.29 Å². The summed E-state index contributed by atoms with van der Waals surface area (Å²) in [7, 11) is 0. The molecule has 130 valence electrons. The minimum atomic E-state index is -2.13. The van der Waals surface area contributed by atoms with E-state index in [0.717, 1.165) is 11.1 Å². The minimum absolute atomic E-state index is 0.0269. The Hall–Kier alpha value is -2.24. The van der Waals surface area contributed by atoms with Crippen molar-refractivity contribution in [1.82, 2.24) is 0 Å². The first-order chi connectivity index (χ1) is 11.9. The van der Waals surface area contributed by atoms with Gasteiger partial charge in [0.1, 0.15) is 5.76 Å². The fraction of sp³-hybridized carbons (Fsp3) is 0.250. The van der Waals surface area contributed by atoms with Crippen LogP contribution in [0.3, 0.4) is 0 Å². The van der Waals surface area contributed by atoms with E-state index < -0.39 is 16.7 Å². The SMILES string of the molecule is CCC1(C)OC(c2ccc(CS(=O)[O-])cc2)=C(c2ccccc2)C1=O. The zero-order valence-corrected chi connectivity index (χ0v) is 15.0. The van der Waals surface area contributed by atoms with Crippen LogP contribution in [0.25, 0.3) is 11.3 Å². The molecule has 0 bridgehead atoms. The Morgan fingerprint density at radius 3 is 2.24 bits per heavy atom. The van der Waals surface area contributed by atoms with Crippen LogP contribution in [0.1, 0.15) is 37.0 Å². The summed E-state index contributed by atoms with van der Waals surface area (Å²) >= 11 is -2.13. The topological polar surface area (TPSA) is 66.4 Å². The number of hydrogen-bond acceptors (Lipinski definition) is 4. The van der Waals surface area contributed by atoms with Crippen molar-refractivity contribution in [3.05, 3.63) is 71.3 Å². The first kappa shape index (κ1) is 17.6. The quantitative estimate of drug-likeness (QED) is 0.767. The second-order valence-corrected chi connectivity index (χ2v) is 7.13. The molecule has 0 saturated carbocycles. The van der Waals surface area contributed by atoms with E-state index in [1.54, 1.807) is 31.2 Å². The van der Waals surface area contributed by atoms with E-state index >= 15 is 0 Å². The summed E-state index contributed by atoms with van der Waals surface area (Å²) in [6, 6.07) is 16.6. The Labute approximate surface area is 149 Å². The summed E-state index contributed by atoms with van der Waals surface area (Å²) in [6.45, 7) is 3.73. The van der Waals surface area contributed by atoms with E-state index in [2.05, 4.69) is 0 Å². The van der Waals surface area contributed by atoms with Gasteiger partial charge in [0.2, 0.25) is 5.78 Å². The Balaban J connectivity index is 2.07. The first-order valence-electron chi connectivity index (χ1n) is 8.13. The van der Waals surface area contributed by atoms with Crippen LogP contribution in [0.4, 0.5) is 0 Å². The highest BCUT2D eigenvalue weighted by Gasteiger charge is 2.44. The predicted molar refractivity (Wildman–Crippen MR) is 97.1 cm³/mol. The van der Waals surface area contributed by atoms with Crippen LogP contribution >= 0.6 is 0 Å². The van der Waals surface area contributed by atoms with Crippen LogP contribution < -0.4 is 0 Å². The van der Waals surface area contributed by atoms with Gasteiger partial charge in [-0.25, -0.2) is 0 Å². The summed E-state index contributed by atoms with van der Waals surface area (Å²) < 4.78 is 27.8. The lowest BCUT2D eigenvalue weighted by atomic mass is 9.90. The molecule has 0 radical (unpaired) electrons. The third kappa shape index (κ3) is 3.43. The Kier molecular flexibility index (Phi) is 4.88. The zero-order valence-electron chi connectivity index (χ0n) is 14.2. The van der Waals surface area contributed by atoms with Gasteiger partial charge in [-0.1, -0.05) is 72.6 Å². The Morgan fingerprint density at radius 2 is 1.68 bits per heavy atom. The molecule has 0 N–H and O–H groups in total. The van der Waals surface area contributed by atoms with E-state index in [9.17, 15) is 13.6 Å². The molecule has 1 aliphatic heterocycles. The largest absolute Gasteiger partial charge is 0.772 e. The predicted octanol–water partition coefficient (Wildman–Crippen LogP) is 3.70. The number of benzene rings is 2. The first-order valence-corrected chi connectivity index (χ1v) is 9.37. The maximum Gasteiger partial charge on any atom is 0.210 e. The molecule has 1 heterocycles. The second kappa shape index (κ2) is 6.94. The normalized spacial score (nSPS) is 21.3. The Morgan fingerprint density at radius 1 is 1.04 bits per heavy atom. The summed E-state index contributed by atoms with van der Waals surface area (Å²) in [5.74, 6) is 0.494. The van der Waals surface area contributed by atoms with Gasteiger partial charge in [-0.3, -0.25) is 9.00 Å². The lowest BCUT2D eigenvalue weighted by molar-refractivity contribution is -0.126. The minimum Gasteiger partial charge on any atom is -0.772 e. The number of carbonyl (C=O) groups excluding carboxylic acids is 1. The molecule has 2 atom stereocenters. The summed E-state index contributed by atoms with van der Waals surface area (Å²) in [4.78, 5) is 13.0.